The normalized spacial score (nSPS) is 13.2. The highest BCUT2D eigenvalue weighted by Crippen LogP contribution is 2.22. The molecule has 1 aromatic heterocycles. The first kappa shape index (κ1) is 16.8. The zero-order valence-corrected chi connectivity index (χ0v) is 13.4. The Bertz CT molecular complexity index is 426. The summed E-state index contributed by atoms with van der Waals surface area (Å²) in [7, 11) is 0. The quantitative estimate of drug-likeness (QED) is 0.684. The maximum absolute atomic E-state index is 8.98. The summed E-state index contributed by atoms with van der Waals surface area (Å²) >= 11 is 0. The van der Waals surface area contributed by atoms with Gasteiger partial charge in [-0.25, -0.2) is 0 Å². The van der Waals surface area contributed by atoms with Crippen LogP contribution < -0.4 is 5.32 Å². The fourth-order valence-electron chi connectivity index (χ4n) is 2.25. The summed E-state index contributed by atoms with van der Waals surface area (Å²) in [6.07, 6.45) is 8.79. The van der Waals surface area contributed by atoms with Crippen LogP contribution in [0.1, 0.15) is 65.0 Å². The monoisotopic (exact) mass is 275 g/mol. The highest BCUT2D eigenvalue weighted by molar-refractivity contribution is 5.14. The fourth-order valence-corrected chi connectivity index (χ4v) is 2.25. The number of hydrogen-bond donors (Lipinski definition) is 1. The SMILES string of the molecule is CCCNC(C)c1ccn(CCCCC(C)(C)C#N)c1. The Hall–Kier alpha value is -1.27. The molecule has 1 atom stereocenters. The lowest BCUT2D eigenvalue weighted by Gasteiger charge is -2.14. The van der Waals surface area contributed by atoms with Crippen LogP contribution in [0.5, 0.6) is 0 Å². The molecule has 0 amide bonds. The third-order valence-corrected chi connectivity index (χ3v) is 3.74. The van der Waals surface area contributed by atoms with Gasteiger partial charge >= 0.3 is 0 Å². The van der Waals surface area contributed by atoms with Crippen LogP contribution in [-0.2, 0) is 6.54 Å². The first-order chi connectivity index (χ1) is 9.48. The van der Waals surface area contributed by atoms with E-state index >= 15 is 0 Å². The van der Waals surface area contributed by atoms with Gasteiger partial charge in [-0.3, -0.25) is 0 Å². The number of rotatable bonds is 9. The second kappa shape index (κ2) is 8.11. The molecule has 0 radical (unpaired) electrons. The lowest BCUT2D eigenvalue weighted by Crippen LogP contribution is -2.18. The Morgan fingerprint density at radius 1 is 1.40 bits per heavy atom. The van der Waals surface area contributed by atoms with Crippen molar-refractivity contribution in [3.05, 3.63) is 24.0 Å². The molecule has 0 aromatic carbocycles. The Labute approximate surface area is 124 Å². The van der Waals surface area contributed by atoms with Crippen LogP contribution >= 0.6 is 0 Å². The number of aryl methyl sites for hydroxylation is 1. The average molecular weight is 275 g/mol. The second-order valence-electron chi connectivity index (χ2n) is 6.31. The number of aromatic nitrogens is 1. The number of nitriles is 1. The molecule has 0 aliphatic heterocycles. The van der Waals surface area contributed by atoms with Crippen LogP contribution in [0.25, 0.3) is 0 Å². The molecule has 1 N–H and O–H groups in total. The minimum atomic E-state index is -0.180. The minimum Gasteiger partial charge on any atom is -0.354 e. The number of nitrogens with one attached hydrogen (secondary N) is 1. The van der Waals surface area contributed by atoms with E-state index in [0.29, 0.717) is 6.04 Å². The van der Waals surface area contributed by atoms with Gasteiger partial charge in [0.15, 0.2) is 0 Å². The molecular weight excluding hydrogens is 246 g/mol. The predicted octanol–water partition coefficient (Wildman–Crippen LogP) is 4.27. The summed E-state index contributed by atoms with van der Waals surface area (Å²) in [6.45, 7) is 10.5. The topological polar surface area (TPSA) is 40.8 Å². The van der Waals surface area contributed by atoms with Crippen molar-refractivity contribution < 1.29 is 0 Å². The molecular formula is C17H29N3. The molecule has 1 unspecified atom stereocenters. The molecule has 0 bridgehead atoms. The van der Waals surface area contributed by atoms with Crippen molar-refractivity contribution in [2.45, 2.75) is 66.0 Å². The van der Waals surface area contributed by atoms with E-state index in [1.165, 1.54) is 12.0 Å². The van der Waals surface area contributed by atoms with E-state index in [1.54, 1.807) is 0 Å². The molecule has 0 saturated carbocycles. The maximum atomic E-state index is 8.98. The average Bonchev–Trinajstić information content (AvgIpc) is 2.90. The number of unbranched alkanes of at least 4 members (excludes halogenated alkanes) is 1. The van der Waals surface area contributed by atoms with Crippen molar-refractivity contribution in [3.63, 3.8) is 0 Å². The lowest BCUT2D eigenvalue weighted by molar-refractivity contribution is 0.417. The van der Waals surface area contributed by atoms with E-state index in [4.69, 9.17) is 5.26 Å². The van der Waals surface area contributed by atoms with E-state index in [2.05, 4.69) is 48.3 Å². The Morgan fingerprint density at radius 3 is 2.80 bits per heavy atom. The van der Waals surface area contributed by atoms with Gasteiger partial charge in [-0.15, -0.1) is 0 Å². The number of nitrogens with zero attached hydrogens (tertiary/aromatic N) is 2. The molecule has 0 fully saturated rings. The van der Waals surface area contributed by atoms with Gasteiger partial charge in [0.1, 0.15) is 0 Å². The van der Waals surface area contributed by atoms with Gasteiger partial charge in [0, 0.05) is 25.0 Å². The summed E-state index contributed by atoms with van der Waals surface area (Å²) in [6, 6.07) is 4.99. The molecule has 1 rings (SSSR count). The summed E-state index contributed by atoms with van der Waals surface area (Å²) in [5.74, 6) is 0. The second-order valence-corrected chi connectivity index (χ2v) is 6.31. The van der Waals surface area contributed by atoms with Gasteiger partial charge in [0.25, 0.3) is 0 Å². The molecule has 3 nitrogen and oxygen atoms in total. The zero-order chi connectivity index (χ0) is 15.0. The fraction of sp³-hybridized carbons (Fsp3) is 0.706. The van der Waals surface area contributed by atoms with E-state index in [0.717, 1.165) is 32.4 Å². The summed E-state index contributed by atoms with van der Waals surface area (Å²) in [5, 5.41) is 12.5. The van der Waals surface area contributed by atoms with E-state index in [1.807, 2.05) is 13.8 Å². The Morgan fingerprint density at radius 2 is 2.15 bits per heavy atom. The highest BCUT2D eigenvalue weighted by Gasteiger charge is 2.15. The van der Waals surface area contributed by atoms with Crippen LogP contribution in [0.4, 0.5) is 0 Å². The first-order valence-corrected chi connectivity index (χ1v) is 7.79. The lowest BCUT2D eigenvalue weighted by atomic mass is 9.89. The zero-order valence-electron chi connectivity index (χ0n) is 13.4. The third kappa shape index (κ3) is 5.79. The van der Waals surface area contributed by atoms with Crippen molar-refractivity contribution in [2.24, 2.45) is 5.41 Å². The maximum Gasteiger partial charge on any atom is 0.0683 e. The molecule has 0 aliphatic rings. The first-order valence-electron chi connectivity index (χ1n) is 7.79. The van der Waals surface area contributed by atoms with Crippen molar-refractivity contribution in [1.29, 1.82) is 5.26 Å². The van der Waals surface area contributed by atoms with Crippen molar-refractivity contribution in [1.82, 2.24) is 9.88 Å². The summed E-state index contributed by atoms with van der Waals surface area (Å²) in [5.41, 5.74) is 1.18. The Kier molecular flexibility index (Phi) is 6.81. The largest absolute Gasteiger partial charge is 0.354 e. The standard InChI is InChI=1S/C17H29N3/c1-5-10-19-15(2)16-8-12-20(13-16)11-7-6-9-17(3,4)14-18/h8,12-13,15,19H,5-7,9-11H2,1-4H3. The van der Waals surface area contributed by atoms with Gasteiger partial charge < -0.3 is 9.88 Å². The molecule has 0 saturated heterocycles. The summed E-state index contributed by atoms with van der Waals surface area (Å²) in [4.78, 5) is 0. The third-order valence-electron chi connectivity index (χ3n) is 3.74. The van der Waals surface area contributed by atoms with Crippen LogP contribution in [0.3, 0.4) is 0 Å². The summed E-state index contributed by atoms with van der Waals surface area (Å²) < 4.78 is 2.26. The van der Waals surface area contributed by atoms with Gasteiger partial charge in [-0.1, -0.05) is 13.3 Å². The highest BCUT2D eigenvalue weighted by atomic mass is 15.0. The minimum absolute atomic E-state index is 0.180. The van der Waals surface area contributed by atoms with Crippen LogP contribution in [-0.4, -0.2) is 11.1 Å². The van der Waals surface area contributed by atoms with Crippen molar-refractivity contribution in [2.75, 3.05) is 6.54 Å². The van der Waals surface area contributed by atoms with Gasteiger partial charge in [-0.2, -0.15) is 5.26 Å². The molecule has 1 heterocycles. The van der Waals surface area contributed by atoms with E-state index in [9.17, 15) is 0 Å². The van der Waals surface area contributed by atoms with Gasteiger partial charge in [0.05, 0.1) is 11.5 Å². The predicted molar refractivity (Wildman–Crippen MR) is 84.4 cm³/mol. The van der Waals surface area contributed by atoms with Crippen molar-refractivity contribution in [3.8, 4) is 6.07 Å². The molecule has 112 valence electrons. The van der Waals surface area contributed by atoms with Crippen LogP contribution in [0.2, 0.25) is 0 Å². The van der Waals surface area contributed by atoms with Gasteiger partial charge in [-0.05, 0) is 58.2 Å². The van der Waals surface area contributed by atoms with Crippen LogP contribution in [0, 0.1) is 16.7 Å². The van der Waals surface area contributed by atoms with E-state index < -0.39 is 0 Å². The van der Waals surface area contributed by atoms with Crippen molar-refractivity contribution >= 4 is 0 Å². The van der Waals surface area contributed by atoms with Crippen LogP contribution in [0.15, 0.2) is 18.5 Å². The molecule has 3 heteroatoms. The number of hydrogen-bond acceptors (Lipinski definition) is 2. The molecule has 20 heavy (non-hydrogen) atoms. The van der Waals surface area contributed by atoms with E-state index in [-0.39, 0.29) is 5.41 Å². The van der Waals surface area contributed by atoms with Gasteiger partial charge in [0.2, 0.25) is 0 Å². The Balaban J connectivity index is 2.32. The molecule has 0 aliphatic carbocycles. The molecule has 0 spiro atoms. The molecule has 1 aromatic rings. The smallest absolute Gasteiger partial charge is 0.0683 e.